The number of rotatable bonds is 4. The molecule has 16 heavy (non-hydrogen) atoms. The van der Waals surface area contributed by atoms with E-state index in [9.17, 15) is 9.59 Å². The van der Waals surface area contributed by atoms with Crippen LogP contribution in [0.25, 0.3) is 0 Å². The molecule has 1 rings (SSSR count). The van der Waals surface area contributed by atoms with Crippen LogP contribution < -0.4 is 11.1 Å². The van der Waals surface area contributed by atoms with Gasteiger partial charge in [-0.25, -0.2) is 0 Å². The van der Waals surface area contributed by atoms with Gasteiger partial charge in [0.05, 0.1) is 6.04 Å². The molecule has 0 radical (unpaired) electrons. The maximum Gasteiger partial charge on any atom is 0.225 e. The van der Waals surface area contributed by atoms with E-state index in [0.717, 1.165) is 0 Å². The second kappa shape index (κ2) is 5.30. The van der Waals surface area contributed by atoms with Crippen molar-refractivity contribution < 1.29 is 9.59 Å². The Balaban J connectivity index is 2.41. The summed E-state index contributed by atoms with van der Waals surface area (Å²) in [6, 6.07) is 0.00212. The quantitative estimate of drug-likeness (QED) is 0.701. The Kier molecular flexibility index (Phi) is 4.29. The Morgan fingerprint density at radius 1 is 1.56 bits per heavy atom. The van der Waals surface area contributed by atoms with E-state index in [1.165, 1.54) is 0 Å². The number of nitrogens with zero attached hydrogens (tertiary/aromatic N) is 1. The monoisotopic (exact) mass is 227 g/mol. The highest BCUT2D eigenvalue weighted by molar-refractivity contribution is 5.82. The third-order valence-corrected chi connectivity index (χ3v) is 2.65. The lowest BCUT2D eigenvalue weighted by molar-refractivity contribution is -0.129. The van der Waals surface area contributed by atoms with E-state index in [1.54, 1.807) is 11.8 Å². The molecule has 0 bridgehead atoms. The highest BCUT2D eigenvalue weighted by atomic mass is 16.2. The first-order chi connectivity index (χ1) is 7.40. The maximum atomic E-state index is 11.6. The average molecular weight is 227 g/mol. The predicted molar refractivity (Wildman–Crippen MR) is 61.7 cm³/mol. The van der Waals surface area contributed by atoms with E-state index in [2.05, 4.69) is 5.32 Å². The average Bonchev–Trinajstić information content (AvgIpc) is 2.44. The molecular formula is C11H21N3O2. The summed E-state index contributed by atoms with van der Waals surface area (Å²) in [4.78, 5) is 24.8. The molecule has 0 aromatic heterocycles. The first kappa shape index (κ1) is 13.0. The molecule has 0 aliphatic carbocycles. The zero-order valence-electron chi connectivity index (χ0n) is 10.2. The summed E-state index contributed by atoms with van der Waals surface area (Å²) in [6.07, 6.45) is 0.718. The molecule has 2 unspecified atom stereocenters. The first-order valence-corrected chi connectivity index (χ1v) is 5.74. The fraction of sp³-hybridized carbons (Fsp3) is 0.818. The van der Waals surface area contributed by atoms with Gasteiger partial charge in [-0.2, -0.15) is 0 Å². The molecule has 1 heterocycles. The van der Waals surface area contributed by atoms with E-state index >= 15 is 0 Å². The van der Waals surface area contributed by atoms with E-state index in [4.69, 9.17) is 5.73 Å². The molecule has 0 aromatic carbocycles. The number of nitrogens with one attached hydrogen (secondary N) is 1. The van der Waals surface area contributed by atoms with Crippen molar-refractivity contribution in [3.8, 4) is 0 Å². The fourth-order valence-electron chi connectivity index (χ4n) is 1.91. The van der Waals surface area contributed by atoms with Crippen molar-refractivity contribution in [1.82, 2.24) is 10.2 Å². The highest BCUT2D eigenvalue weighted by Gasteiger charge is 2.31. The summed E-state index contributed by atoms with van der Waals surface area (Å²) in [6.45, 7) is 6.36. The van der Waals surface area contributed by atoms with E-state index in [0.29, 0.717) is 19.4 Å². The Morgan fingerprint density at radius 3 is 2.62 bits per heavy atom. The fourth-order valence-corrected chi connectivity index (χ4v) is 1.91. The molecule has 0 saturated carbocycles. The predicted octanol–water partition coefficient (Wildman–Crippen LogP) is -0.151. The summed E-state index contributed by atoms with van der Waals surface area (Å²) in [5.41, 5.74) is 5.53. The van der Waals surface area contributed by atoms with Crippen molar-refractivity contribution in [3.63, 3.8) is 0 Å². The van der Waals surface area contributed by atoms with Gasteiger partial charge in [0.15, 0.2) is 0 Å². The number of likely N-dealkylation sites (tertiary alicyclic amines) is 1. The summed E-state index contributed by atoms with van der Waals surface area (Å²) in [5.74, 6) is 0.0412. The Hall–Kier alpha value is -1.10. The smallest absolute Gasteiger partial charge is 0.225 e. The van der Waals surface area contributed by atoms with Crippen molar-refractivity contribution in [2.75, 3.05) is 6.54 Å². The molecule has 2 atom stereocenters. The summed E-state index contributed by atoms with van der Waals surface area (Å²) in [7, 11) is 0. The van der Waals surface area contributed by atoms with Crippen LogP contribution in [0, 0.1) is 0 Å². The van der Waals surface area contributed by atoms with Gasteiger partial charge in [-0.1, -0.05) is 0 Å². The van der Waals surface area contributed by atoms with E-state index < -0.39 is 0 Å². The minimum Gasteiger partial charge on any atom is -0.351 e. The number of amides is 2. The third-order valence-electron chi connectivity index (χ3n) is 2.65. The first-order valence-electron chi connectivity index (χ1n) is 5.74. The van der Waals surface area contributed by atoms with Gasteiger partial charge in [0.25, 0.3) is 0 Å². The largest absolute Gasteiger partial charge is 0.351 e. The van der Waals surface area contributed by atoms with Crippen molar-refractivity contribution >= 4 is 11.8 Å². The normalized spacial score (nSPS) is 22.7. The standard InChI is InChI=1S/C11H21N3O2/c1-7(2)14-6-9(5-11(14)16)13-10(15)4-8(3)12/h7-9H,4-6,12H2,1-3H3,(H,13,15). The second-order valence-corrected chi connectivity index (χ2v) is 4.79. The van der Waals surface area contributed by atoms with Gasteiger partial charge in [0.1, 0.15) is 0 Å². The van der Waals surface area contributed by atoms with E-state index in [-0.39, 0.29) is 29.9 Å². The number of nitrogens with two attached hydrogens (primary N) is 1. The SMILES string of the molecule is CC(N)CC(=O)NC1CC(=O)N(C(C)C)C1. The molecule has 0 aromatic rings. The molecule has 1 fully saturated rings. The second-order valence-electron chi connectivity index (χ2n) is 4.79. The van der Waals surface area contributed by atoms with Gasteiger partial charge >= 0.3 is 0 Å². The lowest BCUT2D eigenvalue weighted by atomic mass is 10.2. The molecular weight excluding hydrogens is 206 g/mol. The molecule has 0 spiro atoms. The molecule has 2 amide bonds. The molecule has 5 heteroatoms. The van der Waals surface area contributed by atoms with E-state index in [1.807, 2.05) is 13.8 Å². The van der Waals surface area contributed by atoms with Crippen LogP contribution in [0.15, 0.2) is 0 Å². The van der Waals surface area contributed by atoms with Crippen LogP contribution in [-0.4, -0.2) is 41.4 Å². The van der Waals surface area contributed by atoms with Crippen molar-refractivity contribution in [2.45, 2.75) is 51.7 Å². The van der Waals surface area contributed by atoms with Crippen LogP contribution in [0.2, 0.25) is 0 Å². The molecule has 1 aliphatic rings. The van der Waals surface area contributed by atoms with Gasteiger partial charge < -0.3 is 16.0 Å². The van der Waals surface area contributed by atoms with Crippen LogP contribution in [-0.2, 0) is 9.59 Å². The van der Waals surface area contributed by atoms with Gasteiger partial charge in [0, 0.05) is 31.5 Å². The van der Waals surface area contributed by atoms with Crippen LogP contribution in [0.4, 0.5) is 0 Å². The molecule has 5 nitrogen and oxygen atoms in total. The summed E-state index contributed by atoms with van der Waals surface area (Å²) in [5, 5.41) is 2.84. The van der Waals surface area contributed by atoms with Gasteiger partial charge in [-0.3, -0.25) is 9.59 Å². The lowest BCUT2D eigenvalue weighted by Crippen LogP contribution is -2.40. The minimum absolute atomic E-state index is 0.0545. The number of hydrogen-bond acceptors (Lipinski definition) is 3. The topological polar surface area (TPSA) is 75.4 Å². The molecule has 92 valence electrons. The van der Waals surface area contributed by atoms with Crippen LogP contribution in [0.3, 0.4) is 0 Å². The van der Waals surface area contributed by atoms with Crippen molar-refractivity contribution in [3.05, 3.63) is 0 Å². The number of carbonyl (C=O) groups is 2. The third kappa shape index (κ3) is 3.48. The Labute approximate surface area is 96.4 Å². The summed E-state index contributed by atoms with van der Waals surface area (Å²) < 4.78 is 0. The maximum absolute atomic E-state index is 11.6. The van der Waals surface area contributed by atoms with Gasteiger partial charge in [0.2, 0.25) is 11.8 Å². The zero-order chi connectivity index (χ0) is 12.3. The Bertz CT molecular complexity index is 276. The number of hydrogen-bond donors (Lipinski definition) is 2. The summed E-state index contributed by atoms with van der Waals surface area (Å²) >= 11 is 0. The zero-order valence-corrected chi connectivity index (χ0v) is 10.2. The molecule has 1 aliphatic heterocycles. The Morgan fingerprint density at radius 2 is 2.19 bits per heavy atom. The van der Waals surface area contributed by atoms with Crippen LogP contribution in [0.5, 0.6) is 0 Å². The lowest BCUT2D eigenvalue weighted by Gasteiger charge is -2.21. The van der Waals surface area contributed by atoms with Crippen LogP contribution in [0.1, 0.15) is 33.6 Å². The highest BCUT2D eigenvalue weighted by Crippen LogP contribution is 2.14. The van der Waals surface area contributed by atoms with Crippen molar-refractivity contribution in [1.29, 1.82) is 0 Å². The minimum atomic E-state index is -0.140. The molecule has 3 N–H and O–H groups in total. The van der Waals surface area contributed by atoms with Gasteiger partial charge in [-0.05, 0) is 20.8 Å². The molecule has 1 saturated heterocycles. The van der Waals surface area contributed by atoms with Gasteiger partial charge in [-0.15, -0.1) is 0 Å². The van der Waals surface area contributed by atoms with Crippen molar-refractivity contribution in [2.24, 2.45) is 5.73 Å². The number of carbonyl (C=O) groups excluding carboxylic acids is 2. The van der Waals surface area contributed by atoms with Crippen LogP contribution >= 0.6 is 0 Å².